The number of nitrogens with zero attached hydrogens (tertiary/aromatic N) is 1. The Kier molecular flexibility index (Phi) is 4.49. The van der Waals surface area contributed by atoms with Gasteiger partial charge in [0.1, 0.15) is 5.82 Å². The molecule has 2 N–H and O–H groups in total. The molecule has 2 rings (SSSR count). The third-order valence-electron chi connectivity index (χ3n) is 2.55. The number of anilines is 1. The molecular formula is C14H13ClN2O2. The second kappa shape index (κ2) is 6.31. The van der Waals surface area contributed by atoms with Crippen molar-refractivity contribution >= 4 is 23.3 Å². The van der Waals surface area contributed by atoms with Gasteiger partial charge in [0, 0.05) is 11.2 Å². The normalized spacial score (nSPS) is 10.2. The van der Waals surface area contributed by atoms with Crippen molar-refractivity contribution in [3.63, 3.8) is 0 Å². The van der Waals surface area contributed by atoms with Crippen molar-refractivity contribution in [2.45, 2.75) is 13.0 Å². The lowest BCUT2D eigenvalue weighted by atomic mass is 10.1. The highest BCUT2D eigenvalue weighted by molar-refractivity contribution is 6.30. The van der Waals surface area contributed by atoms with Gasteiger partial charge in [0.05, 0.1) is 13.0 Å². The van der Waals surface area contributed by atoms with E-state index in [1.165, 1.54) is 0 Å². The van der Waals surface area contributed by atoms with Crippen LogP contribution in [-0.2, 0) is 17.8 Å². The number of aliphatic hydroxyl groups excluding tert-OH is 1. The summed E-state index contributed by atoms with van der Waals surface area (Å²) in [7, 11) is 0. The molecule has 98 valence electrons. The van der Waals surface area contributed by atoms with Gasteiger partial charge in [-0.2, -0.15) is 0 Å². The van der Waals surface area contributed by atoms with Crippen molar-refractivity contribution in [2.24, 2.45) is 0 Å². The minimum atomic E-state index is -0.162. The Morgan fingerprint density at radius 3 is 2.63 bits per heavy atom. The predicted molar refractivity (Wildman–Crippen MR) is 73.9 cm³/mol. The van der Waals surface area contributed by atoms with E-state index >= 15 is 0 Å². The number of amides is 1. The Morgan fingerprint density at radius 1 is 1.21 bits per heavy atom. The average molecular weight is 277 g/mol. The molecule has 1 aromatic carbocycles. The summed E-state index contributed by atoms with van der Waals surface area (Å²) >= 11 is 5.78. The van der Waals surface area contributed by atoms with Gasteiger partial charge in [0.2, 0.25) is 5.91 Å². The number of pyridine rings is 1. The van der Waals surface area contributed by atoms with Crippen LogP contribution in [-0.4, -0.2) is 16.0 Å². The van der Waals surface area contributed by atoms with Gasteiger partial charge in [-0.1, -0.05) is 23.7 Å². The summed E-state index contributed by atoms with van der Waals surface area (Å²) in [6.07, 6.45) is 1.80. The molecule has 0 aliphatic rings. The van der Waals surface area contributed by atoms with Crippen LogP contribution in [0.3, 0.4) is 0 Å². The minimum absolute atomic E-state index is 0.0808. The minimum Gasteiger partial charge on any atom is -0.392 e. The van der Waals surface area contributed by atoms with E-state index in [2.05, 4.69) is 10.3 Å². The van der Waals surface area contributed by atoms with E-state index in [1.54, 1.807) is 42.6 Å². The predicted octanol–water partition coefficient (Wildman–Crippen LogP) is 2.41. The molecule has 0 aliphatic heterocycles. The summed E-state index contributed by atoms with van der Waals surface area (Å²) < 4.78 is 0. The maximum atomic E-state index is 11.8. The Hall–Kier alpha value is -1.91. The molecule has 2 aromatic rings. The Morgan fingerprint density at radius 2 is 1.95 bits per heavy atom. The summed E-state index contributed by atoms with van der Waals surface area (Å²) in [5, 5.41) is 12.3. The first kappa shape index (κ1) is 13.5. The highest BCUT2D eigenvalue weighted by Crippen LogP contribution is 2.11. The molecule has 0 unspecified atom stereocenters. The molecule has 0 atom stereocenters. The van der Waals surface area contributed by atoms with E-state index in [0.29, 0.717) is 16.4 Å². The smallest absolute Gasteiger partial charge is 0.229 e. The van der Waals surface area contributed by atoms with E-state index < -0.39 is 0 Å². The van der Waals surface area contributed by atoms with Gasteiger partial charge in [-0.3, -0.25) is 4.79 Å². The number of halogens is 1. The van der Waals surface area contributed by atoms with Gasteiger partial charge in [0.15, 0.2) is 0 Å². The monoisotopic (exact) mass is 276 g/mol. The van der Waals surface area contributed by atoms with E-state index in [1.807, 2.05) is 0 Å². The average Bonchev–Trinajstić information content (AvgIpc) is 2.41. The lowest BCUT2D eigenvalue weighted by Gasteiger charge is -2.05. The van der Waals surface area contributed by atoms with Crippen molar-refractivity contribution in [1.29, 1.82) is 0 Å². The Bertz CT molecular complexity index is 570. The molecule has 0 aliphatic carbocycles. The third kappa shape index (κ3) is 4.05. The zero-order chi connectivity index (χ0) is 13.7. The fourth-order valence-corrected chi connectivity index (χ4v) is 1.74. The van der Waals surface area contributed by atoms with Gasteiger partial charge >= 0.3 is 0 Å². The molecule has 1 amide bonds. The molecule has 0 radical (unpaired) electrons. The molecule has 19 heavy (non-hydrogen) atoms. The van der Waals surface area contributed by atoms with Crippen LogP contribution in [0, 0.1) is 0 Å². The first-order chi connectivity index (χ1) is 9.17. The molecule has 4 nitrogen and oxygen atoms in total. The fourth-order valence-electron chi connectivity index (χ4n) is 1.62. The largest absolute Gasteiger partial charge is 0.392 e. The lowest BCUT2D eigenvalue weighted by molar-refractivity contribution is -0.115. The van der Waals surface area contributed by atoms with Crippen molar-refractivity contribution in [2.75, 3.05) is 5.32 Å². The lowest BCUT2D eigenvalue weighted by Crippen LogP contribution is -2.15. The van der Waals surface area contributed by atoms with Gasteiger partial charge in [-0.05, 0) is 35.4 Å². The van der Waals surface area contributed by atoms with Crippen LogP contribution >= 0.6 is 11.6 Å². The maximum absolute atomic E-state index is 11.8. The summed E-state index contributed by atoms with van der Waals surface area (Å²) in [6.45, 7) is -0.0808. The van der Waals surface area contributed by atoms with Gasteiger partial charge in [-0.25, -0.2) is 4.98 Å². The quantitative estimate of drug-likeness (QED) is 0.901. The number of carbonyl (C=O) groups excluding carboxylic acids is 1. The molecule has 0 spiro atoms. The Labute approximate surface area is 116 Å². The number of rotatable bonds is 4. The van der Waals surface area contributed by atoms with E-state index in [9.17, 15) is 4.79 Å². The summed E-state index contributed by atoms with van der Waals surface area (Å²) in [6, 6.07) is 10.4. The number of aliphatic hydroxyl groups is 1. The second-order valence-corrected chi connectivity index (χ2v) is 4.50. The van der Waals surface area contributed by atoms with Crippen molar-refractivity contribution in [1.82, 2.24) is 4.98 Å². The molecule has 0 fully saturated rings. The maximum Gasteiger partial charge on any atom is 0.229 e. The molecule has 0 saturated carbocycles. The van der Waals surface area contributed by atoms with Crippen LogP contribution in [0.15, 0.2) is 42.6 Å². The van der Waals surface area contributed by atoms with Gasteiger partial charge in [-0.15, -0.1) is 0 Å². The zero-order valence-corrected chi connectivity index (χ0v) is 10.9. The first-order valence-electron chi connectivity index (χ1n) is 5.77. The van der Waals surface area contributed by atoms with Crippen LogP contribution in [0.5, 0.6) is 0 Å². The number of hydrogen-bond donors (Lipinski definition) is 2. The topological polar surface area (TPSA) is 62.2 Å². The van der Waals surface area contributed by atoms with Crippen LogP contribution < -0.4 is 5.32 Å². The number of benzene rings is 1. The fraction of sp³-hybridized carbons (Fsp3) is 0.143. The molecule has 0 saturated heterocycles. The molecule has 5 heteroatoms. The van der Waals surface area contributed by atoms with Crippen LogP contribution in [0.25, 0.3) is 0 Å². The summed E-state index contributed by atoms with van der Waals surface area (Å²) in [4.78, 5) is 15.8. The van der Waals surface area contributed by atoms with Crippen LogP contribution in [0.4, 0.5) is 5.82 Å². The van der Waals surface area contributed by atoms with E-state index in [-0.39, 0.29) is 18.9 Å². The molecule has 0 bridgehead atoms. The van der Waals surface area contributed by atoms with Crippen LogP contribution in [0.1, 0.15) is 11.1 Å². The third-order valence-corrected chi connectivity index (χ3v) is 2.80. The summed E-state index contributed by atoms with van der Waals surface area (Å²) in [5.74, 6) is 0.274. The summed E-state index contributed by atoms with van der Waals surface area (Å²) in [5.41, 5.74) is 1.58. The van der Waals surface area contributed by atoms with Gasteiger partial charge in [0.25, 0.3) is 0 Å². The Balaban J connectivity index is 1.99. The zero-order valence-electron chi connectivity index (χ0n) is 10.1. The highest BCUT2D eigenvalue weighted by atomic mass is 35.5. The highest BCUT2D eigenvalue weighted by Gasteiger charge is 2.05. The van der Waals surface area contributed by atoms with E-state index in [0.717, 1.165) is 5.56 Å². The van der Waals surface area contributed by atoms with Crippen molar-refractivity contribution in [3.05, 3.63) is 58.7 Å². The molecule has 1 heterocycles. The number of carbonyl (C=O) groups is 1. The SMILES string of the molecule is O=C(Cc1ccc(Cl)cc1)Nc1cc(CO)ccn1. The van der Waals surface area contributed by atoms with Gasteiger partial charge < -0.3 is 10.4 Å². The molecule has 1 aromatic heterocycles. The number of nitrogens with one attached hydrogen (secondary N) is 1. The second-order valence-electron chi connectivity index (χ2n) is 4.06. The van der Waals surface area contributed by atoms with Crippen LogP contribution in [0.2, 0.25) is 5.02 Å². The number of hydrogen-bond acceptors (Lipinski definition) is 3. The van der Waals surface area contributed by atoms with Crippen molar-refractivity contribution < 1.29 is 9.90 Å². The first-order valence-corrected chi connectivity index (χ1v) is 6.15. The molecular weight excluding hydrogens is 264 g/mol. The standard InChI is InChI=1S/C14H13ClN2O2/c15-12-3-1-10(2-4-12)8-14(19)17-13-7-11(9-18)5-6-16-13/h1-7,18H,8-9H2,(H,16,17,19). The van der Waals surface area contributed by atoms with Crippen molar-refractivity contribution in [3.8, 4) is 0 Å². The van der Waals surface area contributed by atoms with E-state index in [4.69, 9.17) is 16.7 Å². The number of aromatic nitrogens is 1.